The van der Waals surface area contributed by atoms with Crippen LogP contribution in [0.3, 0.4) is 0 Å². The monoisotopic (exact) mass is 269 g/mol. The average Bonchev–Trinajstić information content (AvgIpc) is 2.69. The molecule has 0 saturated carbocycles. The smallest absolute Gasteiger partial charge is 0.303 e. The van der Waals surface area contributed by atoms with Gasteiger partial charge in [-0.05, 0) is 39.3 Å². The lowest BCUT2D eigenvalue weighted by atomic mass is 10.2. The van der Waals surface area contributed by atoms with Crippen LogP contribution in [0.15, 0.2) is 12.1 Å². The van der Waals surface area contributed by atoms with Crippen LogP contribution >= 0.6 is 11.3 Å². The molecular weight excluding hydrogens is 250 g/mol. The summed E-state index contributed by atoms with van der Waals surface area (Å²) in [7, 11) is 0. The third kappa shape index (κ3) is 4.14. The molecule has 0 aliphatic carbocycles. The van der Waals surface area contributed by atoms with Gasteiger partial charge in [0.1, 0.15) is 0 Å². The molecule has 5 heteroatoms. The topological polar surface area (TPSA) is 57.6 Å². The highest BCUT2D eigenvalue weighted by molar-refractivity contribution is 7.13. The van der Waals surface area contributed by atoms with Gasteiger partial charge in [0.2, 0.25) is 0 Å². The van der Waals surface area contributed by atoms with Gasteiger partial charge in [-0.25, -0.2) is 0 Å². The number of hydrogen-bond acceptors (Lipinski definition) is 3. The number of hydrogen-bond donors (Lipinski definition) is 1. The van der Waals surface area contributed by atoms with Gasteiger partial charge < -0.3 is 10.0 Å². The number of thiophene rings is 1. The largest absolute Gasteiger partial charge is 0.481 e. The first kappa shape index (κ1) is 14.7. The normalized spacial score (nSPS) is 10.7. The molecule has 0 aliphatic heterocycles. The van der Waals surface area contributed by atoms with Crippen LogP contribution in [-0.2, 0) is 4.79 Å². The summed E-state index contributed by atoms with van der Waals surface area (Å²) < 4.78 is 0. The van der Waals surface area contributed by atoms with E-state index in [-0.39, 0.29) is 18.4 Å². The third-order valence-electron chi connectivity index (χ3n) is 2.63. The molecule has 0 fully saturated rings. The van der Waals surface area contributed by atoms with Gasteiger partial charge in [-0.2, -0.15) is 0 Å². The molecule has 0 unspecified atom stereocenters. The fourth-order valence-corrected chi connectivity index (χ4v) is 2.51. The van der Waals surface area contributed by atoms with E-state index in [9.17, 15) is 9.59 Å². The Morgan fingerprint density at radius 1 is 1.39 bits per heavy atom. The van der Waals surface area contributed by atoms with Crippen molar-refractivity contribution in [1.29, 1.82) is 0 Å². The molecule has 4 nitrogen and oxygen atoms in total. The maximum absolute atomic E-state index is 12.3. The first-order valence-electron chi connectivity index (χ1n) is 6.01. The van der Waals surface area contributed by atoms with E-state index in [1.807, 2.05) is 32.9 Å². The van der Waals surface area contributed by atoms with Gasteiger partial charge in [-0.15, -0.1) is 11.3 Å². The summed E-state index contributed by atoms with van der Waals surface area (Å²) in [5, 5.41) is 8.62. The molecular formula is C13H19NO3S. The van der Waals surface area contributed by atoms with Crippen molar-refractivity contribution in [3.05, 3.63) is 21.9 Å². The molecule has 0 atom stereocenters. The maximum Gasteiger partial charge on any atom is 0.303 e. The summed E-state index contributed by atoms with van der Waals surface area (Å²) in [6.45, 7) is 6.34. The Bertz CT molecular complexity index is 426. The second-order valence-electron chi connectivity index (χ2n) is 4.50. The lowest BCUT2D eigenvalue weighted by molar-refractivity contribution is -0.137. The first-order chi connectivity index (χ1) is 8.41. The van der Waals surface area contributed by atoms with Crippen molar-refractivity contribution in [3.63, 3.8) is 0 Å². The summed E-state index contributed by atoms with van der Waals surface area (Å²) >= 11 is 1.47. The van der Waals surface area contributed by atoms with Crippen LogP contribution in [0.1, 0.15) is 41.2 Å². The van der Waals surface area contributed by atoms with Crippen molar-refractivity contribution in [1.82, 2.24) is 4.90 Å². The minimum Gasteiger partial charge on any atom is -0.481 e. The van der Waals surface area contributed by atoms with E-state index in [2.05, 4.69) is 0 Å². The van der Waals surface area contributed by atoms with Crippen LogP contribution in [0, 0.1) is 6.92 Å². The Morgan fingerprint density at radius 2 is 2.06 bits per heavy atom. The standard InChI is InChI=1S/C13H19NO3S/c1-9(2)14(8-4-5-12(15)16)13(17)11-7-6-10(3)18-11/h6-7,9H,4-5,8H2,1-3H3,(H,15,16). The fourth-order valence-electron chi connectivity index (χ4n) is 1.69. The molecule has 18 heavy (non-hydrogen) atoms. The summed E-state index contributed by atoms with van der Waals surface area (Å²) in [5.41, 5.74) is 0. The lowest BCUT2D eigenvalue weighted by Gasteiger charge is -2.26. The predicted octanol–water partition coefficient (Wildman–Crippen LogP) is 2.77. The minimum atomic E-state index is -0.821. The number of aryl methyl sites for hydroxylation is 1. The highest BCUT2D eigenvalue weighted by Crippen LogP contribution is 2.18. The summed E-state index contributed by atoms with van der Waals surface area (Å²) in [6.07, 6.45) is 0.587. The van der Waals surface area contributed by atoms with Gasteiger partial charge in [-0.3, -0.25) is 9.59 Å². The van der Waals surface area contributed by atoms with Crippen LogP contribution in [0.2, 0.25) is 0 Å². The number of amides is 1. The zero-order valence-corrected chi connectivity index (χ0v) is 11.8. The second-order valence-corrected chi connectivity index (χ2v) is 5.79. The van der Waals surface area contributed by atoms with Crippen LogP contribution in [0.25, 0.3) is 0 Å². The highest BCUT2D eigenvalue weighted by atomic mass is 32.1. The molecule has 0 radical (unpaired) electrons. The summed E-state index contributed by atoms with van der Waals surface area (Å²) in [4.78, 5) is 26.3. The fraction of sp³-hybridized carbons (Fsp3) is 0.538. The quantitative estimate of drug-likeness (QED) is 0.864. The zero-order chi connectivity index (χ0) is 13.7. The van der Waals surface area contributed by atoms with E-state index in [4.69, 9.17) is 5.11 Å². The van der Waals surface area contributed by atoms with E-state index in [0.717, 1.165) is 9.75 Å². The third-order valence-corrected chi connectivity index (χ3v) is 3.61. The Hall–Kier alpha value is -1.36. The molecule has 1 N–H and O–H groups in total. The van der Waals surface area contributed by atoms with Gasteiger partial charge in [0.25, 0.3) is 5.91 Å². The Balaban J connectivity index is 2.67. The number of carbonyl (C=O) groups excluding carboxylic acids is 1. The van der Waals surface area contributed by atoms with Crippen molar-refractivity contribution in [2.45, 2.75) is 39.7 Å². The van der Waals surface area contributed by atoms with Crippen LogP contribution in [0.4, 0.5) is 0 Å². The van der Waals surface area contributed by atoms with E-state index < -0.39 is 5.97 Å². The molecule has 1 amide bonds. The Labute approximate surface area is 111 Å². The molecule has 1 aromatic heterocycles. The average molecular weight is 269 g/mol. The molecule has 0 bridgehead atoms. The predicted molar refractivity (Wildman–Crippen MR) is 72.1 cm³/mol. The van der Waals surface area contributed by atoms with Crippen molar-refractivity contribution in [2.75, 3.05) is 6.54 Å². The van der Waals surface area contributed by atoms with E-state index in [1.165, 1.54) is 11.3 Å². The highest BCUT2D eigenvalue weighted by Gasteiger charge is 2.19. The van der Waals surface area contributed by atoms with Gasteiger partial charge in [0.05, 0.1) is 4.88 Å². The summed E-state index contributed by atoms with van der Waals surface area (Å²) in [6, 6.07) is 3.83. The second kappa shape index (κ2) is 6.54. The Kier molecular flexibility index (Phi) is 5.34. The van der Waals surface area contributed by atoms with Gasteiger partial charge in [0.15, 0.2) is 0 Å². The molecule has 1 aromatic rings. The first-order valence-corrected chi connectivity index (χ1v) is 6.82. The number of carboxylic acid groups (broad SMARTS) is 1. The molecule has 100 valence electrons. The van der Waals surface area contributed by atoms with Crippen molar-refractivity contribution in [3.8, 4) is 0 Å². The molecule has 1 heterocycles. The van der Waals surface area contributed by atoms with Crippen molar-refractivity contribution < 1.29 is 14.7 Å². The van der Waals surface area contributed by atoms with Gasteiger partial charge in [0, 0.05) is 23.9 Å². The Morgan fingerprint density at radius 3 is 2.50 bits per heavy atom. The zero-order valence-electron chi connectivity index (χ0n) is 11.0. The van der Waals surface area contributed by atoms with Crippen molar-refractivity contribution >= 4 is 23.2 Å². The van der Waals surface area contributed by atoms with Crippen LogP contribution in [0.5, 0.6) is 0 Å². The van der Waals surface area contributed by atoms with Gasteiger partial charge in [-0.1, -0.05) is 0 Å². The summed E-state index contributed by atoms with van der Waals surface area (Å²) in [5.74, 6) is -0.827. The number of nitrogens with zero attached hydrogens (tertiary/aromatic N) is 1. The number of aliphatic carboxylic acids is 1. The molecule has 0 aliphatic rings. The minimum absolute atomic E-state index is 0.00603. The van der Waals surface area contributed by atoms with E-state index in [1.54, 1.807) is 4.90 Å². The van der Waals surface area contributed by atoms with E-state index in [0.29, 0.717) is 13.0 Å². The molecule has 0 saturated heterocycles. The van der Waals surface area contributed by atoms with Crippen LogP contribution < -0.4 is 0 Å². The number of carbonyl (C=O) groups is 2. The number of rotatable bonds is 6. The number of carboxylic acids is 1. The molecule has 0 aromatic carbocycles. The van der Waals surface area contributed by atoms with Crippen molar-refractivity contribution in [2.24, 2.45) is 0 Å². The molecule has 1 rings (SSSR count). The van der Waals surface area contributed by atoms with Crippen LogP contribution in [-0.4, -0.2) is 34.5 Å². The lowest BCUT2D eigenvalue weighted by Crippen LogP contribution is -2.37. The molecule has 0 spiro atoms. The van der Waals surface area contributed by atoms with E-state index >= 15 is 0 Å². The SMILES string of the molecule is Cc1ccc(C(=O)N(CCCC(=O)O)C(C)C)s1. The van der Waals surface area contributed by atoms with Gasteiger partial charge >= 0.3 is 5.97 Å². The maximum atomic E-state index is 12.3.